The summed E-state index contributed by atoms with van der Waals surface area (Å²) in [5.41, 5.74) is 10.2. The van der Waals surface area contributed by atoms with E-state index in [1.54, 1.807) is 0 Å². The van der Waals surface area contributed by atoms with Crippen LogP contribution >= 0.6 is 11.6 Å². The number of nitrogens with zero attached hydrogens (tertiary/aromatic N) is 2. The number of halogens is 1. The molecule has 1 aliphatic heterocycles. The Kier molecular flexibility index (Phi) is 4.00. The van der Waals surface area contributed by atoms with Crippen molar-refractivity contribution < 1.29 is 4.74 Å². The Morgan fingerprint density at radius 1 is 1.00 bits per heavy atom. The van der Waals surface area contributed by atoms with Gasteiger partial charge >= 0.3 is 0 Å². The number of benzene rings is 2. The van der Waals surface area contributed by atoms with Crippen molar-refractivity contribution in [3.8, 4) is 11.1 Å². The second kappa shape index (κ2) is 6.30. The second-order valence-corrected chi connectivity index (χ2v) is 6.34. The fraction of sp³-hybridized carbons (Fsp3) is 0.211. The number of fused-ring (bicyclic) bond motifs is 1. The van der Waals surface area contributed by atoms with E-state index in [9.17, 15) is 0 Å². The first-order chi connectivity index (χ1) is 11.7. The van der Waals surface area contributed by atoms with Gasteiger partial charge in [0.2, 0.25) is 0 Å². The minimum atomic E-state index is 0.531. The Labute approximate surface area is 145 Å². The molecule has 1 aliphatic rings. The summed E-state index contributed by atoms with van der Waals surface area (Å²) in [6.07, 6.45) is 0. The number of ether oxygens (including phenoxy) is 1. The highest BCUT2D eigenvalue weighted by atomic mass is 35.5. The normalized spacial score (nSPS) is 15.0. The molecule has 0 amide bonds. The van der Waals surface area contributed by atoms with Gasteiger partial charge in [0.05, 0.1) is 18.7 Å². The highest BCUT2D eigenvalue weighted by Gasteiger charge is 2.12. The van der Waals surface area contributed by atoms with Gasteiger partial charge in [-0.2, -0.15) is 0 Å². The smallest absolute Gasteiger partial charge is 0.131 e. The summed E-state index contributed by atoms with van der Waals surface area (Å²) in [5, 5.41) is 1.69. The van der Waals surface area contributed by atoms with E-state index >= 15 is 0 Å². The lowest BCUT2D eigenvalue weighted by atomic mass is 10.0. The first-order valence-electron chi connectivity index (χ1n) is 8.00. The van der Waals surface area contributed by atoms with Gasteiger partial charge in [0.1, 0.15) is 5.82 Å². The molecule has 2 aromatic carbocycles. The van der Waals surface area contributed by atoms with Crippen molar-refractivity contribution in [2.75, 3.05) is 36.9 Å². The van der Waals surface area contributed by atoms with Crippen LogP contribution < -0.4 is 10.6 Å². The summed E-state index contributed by atoms with van der Waals surface area (Å²) in [5.74, 6) is 0.531. The van der Waals surface area contributed by atoms with Crippen LogP contribution in [0.2, 0.25) is 5.02 Å². The van der Waals surface area contributed by atoms with Gasteiger partial charge in [0.15, 0.2) is 0 Å². The van der Waals surface area contributed by atoms with Gasteiger partial charge in [-0.15, -0.1) is 0 Å². The maximum absolute atomic E-state index is 6.17. The second-order valence-electron chi connectivity index (χ2n) is 5.90. The Morgan fingerprint density at radius 2 is 1.75 bits per heavy atom. The van der Waals surface area contributed by atoms with Gasteiger partial charge in [0, 0.05) is 34.7 Å². The summed E-state index contributed by atoms with van der Waals surface area (Å²) in [6, 6.07) is 16.1. The van der Waals surface area contributed by atoms with Gasteiger partial charge in [-0.1, -0.05) is 23.7 Å². The first-order valence-corrected chi connectivity index (χ1v) is 8.37. The molecule has 0 spiro atoms. The topological polar surface area (TPSA) is 51.4 Å². The molecule has 4 rings (SSSR count). The van der Waals surface area contributed by atoms with Crippen molar-refractivity contribution in [1.29, 1.82) is 0 Å². The number of aromatic nitrogens is 1. The fourth-order valence-corrected chi connectivity index (χ4v) is 3.25. The Morgan fingerprint density at radius 3 is 2.50 bits per heavy atom. The molecule has 0 atom stereocenters. The minimum Gasteiger partial charge on any atom is -0.383 e. The highest BCUT2D eigenvalue weighted by molar-refractivity contribution is 6.31. The van der Waals surface area contributed by atoms with E-state index in [0.717, 1.165) is 48.3 Å². The van der Waals surface area contributed by atoms with Gasteiger partial charge in [-0.3, -0.25) is 0 Å². The van der Waals surface area contributed by atoms with Crippen LogP contribution in [-0.4, -0.2) is 31.3 Å². The zero-order valence-corrected chi connectivity index (χ0v) is 14.0. The zero-order valence-electron chi connectivity index (χ0n) is 13.2. The molecule has 1 fully saturated rings. The average molecular weight is 340 g/mol. The van der Waals surface area contributed by atoms with Crippen LogP contribution in [0.4, 0.5) is 11.5 Å². The molecule has 0 unspecified atom stereocenters. The highest BCUT2D eigenvalue weighted by Crippen LogP contribution is 2.31. The number of nitrogen functional groups attached to an aromatic ring is 1. The third-order valence-corrected chi connectivity index (χ3v) is 4.60. The number of anilines is 2. The van der Waals surface area contributed by atoms with Gasteiger partial charge in [-0.25, -0.2) is 4.98 Å². The van der Waals surface area contributed by atoms with Crippen molar-refractivity contribution >= 4 is 34.0 Å². The third kappa shape index (κ3) is 2.90. The first kappa shape index (κ1) is 15.2. The lowest BCUT2D eigenvalue weighted by molar-refractivity contribution is 0.122. The van der Waals surface area contributed by atoms with Crippen LogP contribution in [0.1, 0.15) is 0 Å². The van der Waals surface area contributed by atoms with E-state index in [1.807, 2.05) is 24.3 Å². The molecule has 3 aromatic rings. The molecule has 2 N–H and O–H groups in total. The fourth-order valence-electron chi connectivity index (χ4n) is 3.07. The summed E-state index contributed by atoms with van der Waals surface area (Å²) in [7, 11) is 0. The summed E-state index contributed by atoms with van der Waals surface area (Å²) in [4.78, 5) is 6.83. The Bertz CT molecular complexity index is 874. The number of rotatable bonds is 2. The van der Waals surface area contributed by atoms with E-state index in [4.69, 9.17) is 22.1 Å². The van der Waals surface area contributed by atoms with E-state index in [2.05, 4.69) is 34.1 Å². The van der Waals surface area contributed by atoms with E-state index in [0.29, 0.717) is 10.8 Å². The molecule has 5 heteroatoms. The van der Waals surface area contributed by atoms with E-state index in [-0.39, 0.29) is 0 Å². The molecule has 0 radical (unpaired) electrons. The largest absolute Gasteiger partial charge is 0.383 e. The molecule has 0 bridgehead atoms. The Balaban J connectivity index is 1.70. The van der Waals surface area contributed by atoms with Crippen molar-refractivity contribution in [3.63, 3.8) is 0 Å². The van der Waals surface area contributed by atoms with E-state index in [1.165, 1.54) is 5.69 Å². The standard InChI is InChI=1S/C19H18ClN3O/c20-15-3-6-18-14(11-15)12-17(19(21)22-18)13-1-4-16(5-2-13)23-7-9-24-10-8-23/h1-6,11-12H,7-10H2,(H2,21,22). The molecule has 122 valence electrons. The molecule has 4 nitrogen and oxygen atoms in total. The van der Waals surface area contributed by atoms with Crippen molar-refractivity contribution in [2.45, 2.75) is 0 Å². The molecule has 0 saturated carbocycles. The summed E-state index contributed by atoms with van der Waals surface area (Å²) < 4.78 is 5.40. The number of morpholine rings is 1. The lowest BCUT2D eigenvalue weighted by Crippen LogP contribution is -2.36. The monoisotopic (exact) mass is 339 g/mol. The van der Waals surface area contributed by atoms with Gasteiger partial charge in [0.25, 0.3) is 0 Å². The number of nitrogens with two attached hydrogens (primary N) is 1. The summed E-state index contributed by atoms with van der Waals surface area (Å²) in [6.45, 7) is 3.42. The molecule has 24 heavy (non-hydrogen) atoms. The Hall–Kier alpha value is -2.30. The lowest BCUT2D eigenvalue weighted by Gasteiger charge is -2.29. The average Bonchev–Trinajstić information content (AvgIpc) is 2.62. The predicted molar refractivity (Wildman–Crippen MR) is 99.6 cm³/mol. The van der Waals surface area contributed by atoms with Crippen molar-refractivity contribution in [1.82, 2.24) is 4.98 Å². The maximum atomic E-state index is 6.17. The van der Waals surface area contributed by atoms with Crippen LogP contribution in [0.15, 0.2) is 48.5 Å². The summed E-state index contributed by atoms with van der Waals surface area (Å²) >= 11 is 6.09. The predicted octanol–water partition coefficient (Wildman–Crippen LogP) is 3.97. The molecular weight excluding hydrogens is 322 g/mol. The number of hydrogen-bond donors (Lipinski definition) is 1. The number of hydrogen-bond acceptors (Lipinski definition) is 4. The molecule has 1 aromatic heterocycles. The van der Waals surface area contributed by atoms with Gasteiger partial charge in [-0.05, 0) is 42.0 Å². The van der Waals surface area contributed by atoms with Crippen molar-refractivity contribution in [2.24, 2.45) is 0 Å². The van der Waals surface area contributed by atoms with E-state index < -0.39 is 0 Å². The molecular formula is C19H18ClN3O. The van der Waals surface area contributed by atoms with Crippen LogP contribution in [0, 0.1) is 0 Å². The maximum Gasteiger partial charge on any atom is 0.131 e. The molecule has 1 saturated heterocycles. The van der Waals surface area contributed by atoms with Crippen molar-refractivity contribution in [3.05, 3.63) is 53.6 Å². The molecule has 0 aliphatic carbocycles. The van der Waals surface area contributed by atoms with Crippen LogP contribution in [-0.2, 0) is 4.74 Å². The minimum absolute atomic E-state index is 0.531. The van der Waals surface area contributed by atoms with Gasteiger partial charge < -0.3 is 15.4 Å². The van der Waals surface area contributed by atoms with Crippen LogP contribution in [0.5, 0.6) is 0 Å². The quantitative estimate of drug-likeness (QED) is 0.767. The SMILES string of the molecule is Nc1nc2ccc(Cl)cc2cc1-c1ccc(N2CCOCC2)cc1. The number of pyridine rings is 1. The van der Waals surface area contributed by atoms with Crippen LogP contribution in [0.25, 0.3) is 22.0 Å². The molecule has 2 heterocycles. The third-order valence-electron chi connectivity index (χ3n) is 4.36. The zero-order chi connectivity index (χ0) is 16.5. The van der Waals surface area contributed by atoms with Crippen LogP contribution in [0.3, 0.4) is 0 Å².